The van der Waals surface area contributed by atoms with Gasteiger partial charge in [0.25, 0.3) is 0 Å². The minimum atomic E-state index is 1.01. The van der Waals surface area contributed by atoms with E-state index in [1.165, 1.54) is 87.9 Å². The zero-order chi connectivity index (χ0) is 32.1. The van der Waals surface area contributed by atoms with Gasteiger partial charge in [0.2, 0.25) is 0 Å². The highest BCUT2D eigenvalue weighted by Gasteiger charge is 2.24. The minimum absolute atomic E-state index is 1.01. The molecule has 1 aliphatic rings. The van der Waals surface area contributed by atoms with Crippen LogP contribution in [-0.4, -0.2) is 9.55 Å². The van der Waals surface area contributed by atoms with Gasteiger partial charge >= 0.3 is 0 Å². The average Bonchev–Trinajstić information content (AvgIpc) is 3.68. The predicted molar refractivity (Wildman–Crippen MR) is 206 cm³/mol. The average molecular weight is 621 g/mol. The molecule has 0 radical (unpaired) electrons. The first-order valence-electron chi connectivity index (χ1n) is 16.9. The summed E-state index contributed by atoms with van der Waals surface area (Å²) in [6, 6.07) is 59.9. The lowest BCUT2D eigenvalue weighted by molar-refractivity contribution is 1.18. The van der Waals surface area contributed by atoms with Gasteiger partial charge in [0.1, 0.15) is 0 Å². The third-order valence-corrected chi connectivity index (χ3v) is 10.5. The van der Waals surface area contributed by atoms with Crippen LogP contribution in [0.3, 0.4) is 0 Å². The summed E-state index contributed by atoms with van der Waals surface area (Å²) in [4.78, 5) is 4.80. The van der Waals surface area contributed by atoms with Gasteiger partial charge in [-0.25, -0.2) is 0 Å². The molecule has 49 heavy (non-hydrogen) atoms. The predicted octanol–water partition coefficient (Wildman–Crippen LogP) is 12.6. The van der Waals surface area contributed by atoms with Crippen molar-refractivity contribution < 1.29 is 0 Å². The standard InChI is InChI=1S/C47H28N2/c1-2-9-29(10-3-1)31-17-18-32-26-41-38-14-8-13-37-35(23-24-39(46(37)38)42(41)27-33(32)25-31)30-19-21-34(22-20-30)49-45-16-7-5-11-36(45)43-28-48-44-15-6-4-12-40(44)47(43)49/h1-28H. The lowest BCUT2D eigenvalue weighted by Gasteiger charge is -2.13. The number of aromatic nitrogens is 2. The molecule has 0 bridgehead atoms. The van der Waals surface area contributed by atoms with Crippen LogP contribution in [-0.2, 0) is 0 Å². The summed E-state index contributed by atoms with van der Waals surface area (Å²) in [6.07, 6.45) is 2.03. The summed E-state index contributed by atoms with van der Waals surface area (Å²) in [5, 5.41) is 8.74. The molecule has 2 heterocycles. The van der Waals surface area contributed by atoms with Gasteiger partial charge in [0.05, 0.1) is 16.6 Å². The first-order chi connectivity index (χ1) is 24.3. The summed E-state index contributed by atoms with van der Waals surface area (Å²) in [5.41, 5.74) is 14.8. The first-order valence-corrected chi connectivity index (χ1v) is 16.9. The molecular formula is C47H28N2. The van der Waals surface area contributed by atoms with Crippen molar-refractivity contribution in [3.8, 4) is 50.2 Å². The fraction of sp³-hybridized carbons (Fsp3) is 0. The Labute approximate surface area is 283 Å². The van der Waals surface area contributed by atoms with Crippen LogP contribution in [0.5, 0.6) is 0 Å². The highest BCUT2D eigenvalue weighted by Crippen LogP contribution is 2.50. The van der Waals surface area contributed by atoms with Gasteiger partial charge in [-0.2, -0.15) is 0 Å². The van der Waals surface area contributed by atoms with Crippen LogP contribution in [0.4, 0.5) is 0 Å². The van der Waals surface area contributed by atoms with Crippen molar-refractivity contribution >= 4 is 54.3 Å². The molecule has 8 aromatic carbocycles. The van der Waals surface area contributed by atoms with E-state index in [0.717, 1.165) is 16.6 Å². The highest BCUT2D eigenvalue weighted by atomic mass is 15.0. The fourth-order valence-electron chi connectivity index (χ4n) is 8.30. The van der Waals surface area contributed by atoms with Crippen molar-refractivity contribution in [3.05, 3.63) is 170 Å². The van der Waals surface area contributed by atoms with E-state index in [4.69, 9.17) is 4.98 Å². The molecule has 0 unspecified atom stereocenters. The number of hydrogen-bond acceptors (Lipinski definition) is 1. The van der Waals surface area contributed by atoms with Crippen LogP contribution in [0.1, 0.15) is 0 Å². The lowest BCUT2D eigenvalue weighted by atomic mass is 9.94. The number of fused-ring (bicyclic) bond motifs is 9. The molecule has 0 aliphatic heterocycles. The molecule has 0 atom stereocenters. The van der Waals surface area contributed by atoms with Gasteiger partial charge in [0.15, 0.2) is 0 Å². The molecule has 0 saturated heterocycles. The van der Waals surface area contributed by atoms with Crippen LogP contribution in [0, 0.1) is 0 Å². The lowest BCUT2D eigenvalue weighted by Crippen LogP contribution is -1.95. The van der Waals surface area contributed by atoms with E-state index < -0.39 is 0 Å². The molecule has 0 spiro atoms. The Bertz CT molecular complexity index is 2970. The van der Waals surface area contributed by atoms with E-state index in [1.54, 1.807) is 0 Å². The minimum Gasteiger partial charge on any atom is -0.309 e. The molecule has 226 valence electrons. The van der Waals surface area contributed by atoms with E-state index in [9.17, 15) is 0 Å². The molecule has 0 amide bonds. The highest BCUT2D eigenvalue weighted by molar-refractivity contribution is 6.21. The van der Waals surface area contributed by atoms with Gasteiger partial charge in [-0.3, -0.25) is 4.98 Å². The topological polar surface area (TPSA) is 17.8 Å². The third-order valence-electron chi connectivity index (χ3n) is 10.5. The van der Waals surface area contributed by atoms with E-state index in [0.29, 0.717) is 0 Å². The first kappa shape index (κ1) is 26.5. The molecule has 2 aromatic heterocycles. The Hall–Kier alpha value is -6.51. The number of pyridine rings is 1. The summed E-state index contributed by atoms with van der Waals surface area (Å²) in [6.45, 7) is 0. The van der Waals surface area contributed by atoms with Crippen molar-refractivity contribution in [2.24, 2.45) is 0 Å². The smallest absolute Gasteiger partial charge is 0.0723 e. The van der Waals surface area contributed by atoms with Gasteiger partial charge in [-0.15, -0.1) is 0 Å². The summed E-state index contributed by atoms with van der Waals surface area (Å²) in [7, 11) is 0. The number of hydrogen-bond donors (Lipinski definition) is 0. The number of nitrogens with zero attached hydrogens (tertiary/aromatic N) is 2. The maximum atomic E-state index is 4.80. The van der Waals surface area contributed by atoms with Crippen molar-refractivity contribution in [1.82, 2.24) is 9.55 Å². The Kier molecular flexibility index (Phi) is 5.42. The molecular weight excluding hydrogens is 593 g/mol. The zero-order valence-electron chi connectivity index (χ0n) is 26.6. The molecule has 10 aromatic rings. The number of rotatable bonds is 3. The van der Waals surface area contributed by atoms with Crippen LogP contribution < -0.4 is 0 Å². The summed E-state index contributed by atoms with van der Waals surface area (Å²) in [5.74, 6) is 0. The van der Waals surface area contributed by atoms with E-state index in [2.05, 4.69) is 168 Å². The number of benzene rings is 8. The van der Waals surface area contributed by atoms with Gasteiger partial charge < -0.3 is 4.57 Å². The van der Waals surface area contributed by atoms with Crippen LogP contribution >= 0.6 is 0 Å². The van der Waals surface area contributed by atoms with Crippen molar-refractivity contribution in [3.63, 3.8) is 0 Å². The molecule has 2 nitrogen and oxygen atoms in total. The van der Waals surface area contributed by atoms with Crippen LogP contribution in [0.25, 0.3) is 104 Å². The van der Waals surface area contributed by atoms with E-state index >= 15 is 0 Å². The molecule has 1 aliphatic carbocycles. The Morgan fingerprint density at radius 3 is 1.96 bits per heavy atom. The maximum Gasteiger partial charge on any atom is 0.0723 e. The van der Waals surface area contributed by atoms with Crippen molar-refractivity contribution in [1.29, 1.82) is 0 Å². The Morgan fingerprint density at radius 2 is 1.08 bits per heavy atom. The third kappa shape index (κ3) is 3.80. The second-order valence-corrected chi connectivity index (χ2v) is 13.2. The van der Waals surface area contributed by atoms with E-state index in [1.807, 2.05) is 6.20 Å². The summed E-state index contributed by atoms with van der Waals surface area (Å²) < 4.78 is 2.40. The SMILES string of the molecule is c1ccc(-c2ccc3cc4c(cc3c2)-c2ccc(-c3ccc(-n5c6ccccc6c6cnc7ccccc7c65)cc3)c3cccc-4c23)cc1. The maximum absolute atomic E-state index is 4.80. The molecule has 2 heteroatoms. The van der Waals surface area contributed by atoms with Crippen molar-refractivity contribution in [2.45, 2.75) is 0 Å². The van der Waals surface area contributed by atoms with Gasteiger partial charge in [-0.05, 0) is 109 Å². The number of para-hydroxylation sites is 2. The molecule has 0 fully saturated rings. The monoisotopic (exact) mass is 620 g/mol. The van der Waals surface area contributed by atoms with Crippen LogP contribution in [0.15, 0.2) is 170 Å². The second-order valence-electron chi connectivity index (χ2n) is 13.2. The van der Waals surface area contributed by atoms with Gasteiger partial charge in [-0.1, -0.05) is 121 Å². The van der Waals surface area contributed by atoms with E-state index in [-0.39, 0.29) is 0 Å². The largest absolute Gasteiger partial charge is 0.309 e. The molecule has 11 rings (SSSR count). The second kappa shape index (κ2) is 10.00. The molecule has 0 saturated carbocycles. The quantitative estimate of drug-likeness (QED) is 0.192. The Balaban J connectivity index is 1.05. The summed E-state index contributed by atoms with van der Waals surface area (Å²) >= 11 is 0. The zero-order valence-corrected chi connectivity index (χ0v) is 26.6. The van der Waals surface area contributed by atoms with Crippen LogP contribution in [0.2, 0.25) is 0 Å². The van der Waals surface area contributed by atoms with Crippen molar-refractivity contribution in [2.75, 3.05) is 0 Å². The van der Waals surface area contributed by atoms with Gasteiger partial charge in [0, 0.05) is 28.0 Å². The Morgan fingerprint density at radius 1 is 0.388 bits per heavy atom. The molecule has 0 N–H and O–H groups in total. The fourth-order valence-corrected chi connectivity index (χ4v) is 8.30. The normalized spacial score (nSPS) is 12.1.